The highest BCUT2D eigenvalue weighted by atomic mass is 19.1. The predicted octanol–water partition coefficient (Wildman–Crippen LogP) is 4.58. The maximum absolute atomic E-state index is 14.9. The number of hydrogen-bond donors (Lipinski definition) is 1. The van der Waals surface area contributed by atoms with Crippen molar-refractivity contribution in [3.8, 4) is 11.3 Å². The Hall–Kier alpha value is -3.50. The number of nitrogens with zero attached hydrogens (tertiary/aromatic N) is 8. The van der Waals surface area contributed by atoms with Crippen LogP contribution in [-0.4, -0.2) is 71.5 Å². The average Bonchev–Trinajstić information content (AvgIpc) is 3.22. The Morgan fingerprint density at radius 2 is 1.68 bits per heavy atom. The van der Waals surface area contributed by atoms with Gasteiger partial charge >= 0.3 is 0 Å². The molecule has 9 nitrogen and oxygen atoms in total. The number of nitrogens with one attached hydrogen (secondary N) is 1. The molecule has 1 fully saturated rings. The lowest BCUT2D eigenvalue weighted by Gasteiger charge is -2.36. The summed E-state index contributed by atoms with van der Waals surface area (Å²) in [5.41, 5.74) is 3.34. The molecule has 0 aliphatic carbocycles. The van der Waals surface area contributed by atoms with Crippen LogP contribution in [0.3, 0.4) is 0 Å². The third-order valence-electron chi connectivity index (χ3n) is 6.89. The van der Waals surface area contributed by atoms with Crippen molar-refractivity contribution in [2.45, 2.75) is 53.2 Å². The van der Waals surface area contributed by atoms with Gasteiger partial charge in [0.05, 0.1) is 29.3 Å². The summed E-state index contributed by atoms with van der Waals surface area (Å²) in [5.74, 6) is 1.57. The highest BCUT2D eigenvalue weighted by molar-refractivity contribution is 5.83. The number of hydrogen-bond acceptors (Lipinski definition) is 8. The zero-order valence-corrected chi connectivity index (χ0v) is 22.1. The number of aryl methyl sites for hydroxylation is 1. The second kappa shape index (κ2) is 10.5. The smallest absolute Gasteiger partial charge is 0.151 e. The van der Waals surface area contributed by atoms with Crippen LogP contribution in [0.4, 0.5) is 16.0 Å². The standard InChI is InChI=1S/C27H34FN9/c1-17(2)36-8-6-35(7-9-36)15-21-13-30-26(14-29-21)34-25-12-23(31-16-32-25)20-10-22(28)27-24(11-20)37(18(3)4)19(5)33-27/h10-14,16-18H,6-9,15H2,1-5H3,(H,30,31,32,34). The summed E-state index contributed by atoms with van der Waals surface area (Å²) in [6.45, 7) is 15.5. The summed E-state index contributed by atoms with van der Waals surface area (Å²) >= 11 is 0. The van der Waals surface area contributed by atoms with Gasteiger partial charge < -0.3 is 9.88 Å². The number of fused-ring (bicyclic) bond motifs is 1. The van der Waals surface area contributed by atoms with Crippen LogP contribution in [0.25, 0.3) is 22.3 Å². The van der Waals surface area contributed by atoms with E-state index in [9.17, 15) is 4.39 Å². The van der Waals surface area contributed by atoms with E-state index in [-0.39, 0.29) is 11.9 Å². The molecule has 1 aliphatic heterocycles. The van der Waals surface area contributed by atoms with Crippen LogP contribution in [-0.2, 0) is 6.54 Å². The number of aromatic nitrogens is 6. The minimum Gasteiger partial charge on any atom is -0.326 e. The fourth-order valence-electron chi connectivity index (χ4n) is 4.95. The molecule has 4 heterocycles. The molecule has 10 heteroatoms. The van der Waals surface area contributed by atoms with Crippen LogP contribution in [0.15, 0.2) is 36.9 Å². The Morgan fingerprint density at radius 3 is 2.35 bits per heavy atom. The molecule has 37 heavy (non-hydrogen) atoms. The van der Waals surface area contributed by atoms with Gasteiger partial charge in [0, 0.05) is 56.4 Å². The molecule has 0 amide bonds. The van der Waals surface area contributed by atoms with Gasteiger partial charge in [-0.15, -0.1) is 0 Å². The van der Waals surface area contributed by atoms with E-state index >= 15 is 0 Å². The second-order valence-corrected chi connectivity index (χ2v) is 10.2. The third-order valence-corrected chi connectivity index (χ3v) is 6.89. The zero-order chi connectivity index (χ0) is 26.1. The van der Waals surface area contributed by atoms with Crippen LogP contribution < -0.4 is 5.32 Å². The molecule has 0 spiro atoms. The Balaban J connectivity index is 1.29. The summed E-state index contributed by atoms with van der Waals surface area (Å²) in [6, 6.07) is 5.94. The molecule has 1 aromatic carbocycles. The van der Waals surface area contributed by atoms with Crippen molar-refractivity contribution in [2.75, 3.05) is 31.5 Å². The van der Waals surface area contributed by atoms with Crippen molar-refractivity contribution in [2.24, 2.45) is 0 Å². The van der Waals surface area contributed by atoms with Gasteiger partial charge in [0.1, 0.15) is 29.3 Å². The molecule has 1 aliphatic rings. The Labute approximate surface area is 216 Å². The first-order valence-corrected chi connectivity index (χ1v) is 12.8. The largest absolute Gasteiger partial charge is 0.326 e. The van der Waals surface area contributed by atoms with E-state index < -0.39 is 0 Å². The molecule has 4 aromatic rings. The molecule has 1 saturated heterocycles. The maximum Gasteiger partial charge on any atom is 0.151 e. The van der Waals surface area contributed by atoms with Crippen molar-refractivity contribution < 1.29 is 4.39 Å². The van der Waals surface area contributed by atoms with E-state index in [1.807, 2.05) is 17.6 Å². The molecular weight excluding hydrogens is 469 g/mol. The van der Waals surface area contributed by atoms with E-state index in [0.29, 0.717) is 34.5 Å². The topological polar surface area (TPSA) is 87.9 Å². The molecule has 0 radical (unpaired) electrons. The Morgan fingerprint density at radius 1 is 0.892 bits per heavy atom. The van der Waals surface area contributed by atoms with E-state index in [2.05, 4.69) is 67.7 Å². The minimum absolute atomic E-state index is 0.161. The highest BCUT2D eigenvalue weighted by Crippen LogP contribution is 2.29. The van der Waals surface area contributed by atoms with Gasteiger partial charge in [-0.2, -0.15) is 0 Å². The fraction of sp³-hybridized carbons (Fsp3) is 0.444. The van der Waals surface area contributed by atoms with Crippen LogP contribution in [0.2, 0.25) is 0 Å². The lowest BCUT2D eigenvalue weighted by atomic mass is 10.1. The highest BCUT2D eigenvalue weighted by Gasteiger charge is 2.19. The molecule has 194 valence electrons. The van der Waals surface area contributed by atoms with Crippen LogP contribution in [0, 0.1) is 12.7 Å². The fourth-order valence-corrected chi connectivity index (χ4v) is 4.95. The predicted molar refractivity (Wildman–Crippen MR) is 143 cm³/mol. The Bertz CT molecular complexity index is 1370. The molecule has 5 rings (SSSR count). The molecule has 0 saturated carbocycles. The van der Waals surface area contributed by atoms with Crippen molar-refractivity contribution in [3.05, 3.63) is 54.3 Å². The van der Waals surface area contributed by atoms with Gasteiger partial charge in [0.2, 0.25) is 0 Å². The molecule has 0 unspecified atom stereocenters. The number of piperazine rings is 1. The first kappa shape index (κ1) is 25.2. The van der Waals surface area contributed by atoms with Crippen molar-refractivity contribution in [3.63, 3.8) is 0 Å². The lowest BCUT2D eigenvalue weighted by Crippen LogP contribution is -2.48. The van der Waals surface area contributed by atoms with E-state index in [1.165, 1.54) is 12.4 Å². The monoisotopic (exact) mass is 503 g/mol. The van der Waals surface area contributed by atoms with Gasteiger partial charge in [-0.3, -0.25) is 14.8 Å². The van der Waals surface area contributed by atoms with Gasteiger partial charge in [-0.25, -0.2) is 24.3 Å². The minimum atomic E-state index is -0.366. The number of benzene rings is 1. The van der Waals surface area contributed by atoms with Crippen molar-refractivity contribution >= 4 is 22.7 Å². The lowest BCUT2D eigenvalue weighted by molar-refractivity contribution is 0.103. The average molecular weight is 504 g/mol. The normalized spacial score (nSPS) is 15.2. The molecule has 3 aromatic heterocycles. The summed E-state index contributed by atoms with van der Waals surface area (Å²) in [6.07, 6.45) is 4.98. The summed E-state index contributed by atoms with van der Waals surface area (Å²) in [5, 5.41) is 3.19. The maximum atomic E-state index is 14.9. The van der Waals surface area contributed by atoms with Gasteiger partial charge in [-0.05, 0) is 46.8 Å². The summed E-state index contributed by atoms with van der Waals surface area (Å²) < 4.78 is 17.0. The number of rotatable bonds is 7. The first-order chi connectivity index (χ1) is 17.8. The van der Waals surface area contributed by atoms with Gasteiger partial charge in [0.15, 0.2) is 5.82 Å². The number of imidazole rings is 1. The van der Waals surface area contributed by atoms with Crippen molar-refractivity contribution in [1.29, 1.82) is 0 Å². The van der Waals surface area contributed by atoms with E-state index in [0.717, 1.165) is 49.8 Å². The first-order valence-electron chi connectivity index (χ1n) is 12.8. The summed E-state index contributed by atoms with van der Waals surface area (Å²) in [7, 11) is 0. The molecule has 1 N–H and O–H groups in total. The SMILES string of the molecule is Cc1nc2c(F)cc(-c3cc(Nc4cnc(CN5CCN(C(C)C)CC5)cn4)ncn3)cc2n1C(C)C. The van der Waals surface area contributed by atoms with E-state index in [4.69, 9.17) is 0 Å². The van der Waals surface area contributed by atoms with Gasteiger partial charge in [-0.1, -0.05) is 0 Å². The van der Waals surface area contributed by atoms with Crippen LogP contribution in [0.1, 0.15) is 45.3 Å². The molecule has 0 bridgehead atoms. The number of anilines is 2. The van der Waals surface area contributed by atoms with Crippen LogP contribution in [0.5, 0.6) is 0 Å². The second-order valence-electron chi connectivity index (χ2n) is 10.2. The van der Waals surface area contributed by atoms with E-state index in [1.54, 1.807) is 18.5 Å². The quantitative estimate of drug-likeness (QED) is 0.392. The van der Waals surface area contributed by atoms with Crippen molar-refractivity contribution in [1.82, 2.24) is 39.3 Å². The zero-order valence-electron chi connectivity index (χ0n) is 22.1. The van der Waals surface area contributed by atoms with Crippen LogP contribution >= 0.6 is 0 Å². The number of halogens is 1. The summed E-state index contributed by atoms with van der Waals surface area (Å²) in [4.78, 5) is 27.2. The van der Waals surface area contributed by atoms with Gasteiger partial charge in [0.25, 0.3) is 0 Å². The molecule has 0 atom stereocenters. The third kappa shape index (κ3) is 5.45. The molecular formula is C27H34FN9. The Kier molecular flexibility index (Phi) is 7.12.